The van der Waals surface area contributed by atoms with E-state index in [0.717, 1.165) is 25.7 Å². The number of nitrogens with one attached hydrogen (secondary N) is 2. The van der Waals surface area contributed by atoms with E-state index in [1.165, 1.54) is 27.2 Å². The molecule has 0 aromatic carbocycles. The van der Waals surface area contributed by atoms with Crippen LogP contribution in [0.4, 0.5) is 0 Å². The van der Waals surface area contributed by atoms with Crippen molar-refractivity contribution in [3.63, 3.8) is 0 Å². The van der Waals surface area contributed by atoms with Gasteiger partial charge in [-0.3, -0.25) is 14.3 Å². The van der Waals surface area contributed by atoms with E-state index in [1.807, 2.05) is 4.72 Å². The second-order valence-electron chi connectivity index (χ2n) is 6.06. The average molecular weight is 318 g/mol. The normalized spacial score (nSPS) is 18.3. The van der Waals surface area contributed by atoms with Crippen LogP contribution in [0, 0.1) is 5.92 Å². The number of carbonyl (C=O) groups excluding carboxylic acids is 2. The quantitative estimate of drug-likeness (QED) is 0.772. The first kappa shape index (κ1) is 17.9. The summed E-state index contributed by atoms with van der Waals surface area (Å²) in [5.74, 6) is -0.499. The van der Waals surface area contributed by atoms with Gasteiger partial charge in [0.15, 0.2) is 0 Å². The van der Waals surface area contributed by atoms with Crippen LogP contribution in [0.15, 0.2) is 0 Å². The fraction of sp³-hybridized carbons (Fsp3) is 0.857. The Balaban J connectivity index is 2.42. The predicted molar refractivity (Wildman–Crippen MR) is 81.0 cm³/mol. The highest BCUT2D eigenvalue weighted by Gasteiger charge is 2.24. The Hall–Kier alpha value is -1.11. The summed E-state index contributed by atoms with van der Waals surface area (Å²) in [5.41, 5.74) is 0. The molecule has 7 heteroatoms. The van der Waals surface area contributed by atoms with Crippen LogP contribution in [0.3, 0.4) is 0 Å². The zero-order chi connectivity index (χ0) is 16.0. The second-order valence-corrected chi connectivity index (χ2v) is 8.29. The van der Waals surface area contributed by atoms with Crippen LogP contribution < -0.4 is 10.0 Å². The molecule has 1 aliphatic carbocycles. The van der Waals surface area contributed by atoms with Gasteiger partial charge in [0.05, 0.1) is 5.25 Å². The maximum absolute atomic E-state index is 11.9. The molecule has 6 nitrogen and oxygen atoms in total. The molecule has 1 saturated carbocycles. The first-order valence-electron chi connectivity index (χ1n) is 7.57. The van der Waals surface area contributed by atoms with Gasteiger partial charge in [0.2, 0.25) is 15.9 Å². The van der Waals surface area contributed by atoms with Crippen LogP contribution in [0.5, 0.6) is 0 Å². The zero-order valence-electron chi connectivity index (χ0n) is 13.0. The fourth-order valence-corrected chi connectivity index (χ4v) is 3.06. The minimum absolute atomic E-state index is 0.188. The van der Waals surface area contributed by atoms with E-state index < -0.39 is 27.2 Å². The van der Waals surface area contributed by atoms with Gasteiger partial charge in [0.1, 0.15) is 6.04 Å². The summed E-state index contributed by atoms with van der Waals surface area (Å²) in [6.45, 7) is 4.47. The Bertz CT molecular complexity index is 467. The monoisotopic (exact) mass is 318 g/mol. The maximum Gasteiger partial charge on any atom is 0.255 e. The van der Waals surface area contributed by atoms with Gasteiger partial charge >= 0.3 is 0 Å². The molecule has 1 aliphatic rings. The van der Waals surface area contributed by atoms with Crippen LogP contribution in [-0.2, 0) is 19.6 Å². The molecule has 0 heterocycles. The number of rotatable bonds is 6. The number of amides is 2. The van der Waals surface area contributed by atoms with Crippen LogP contribution in [0.1, 0.15) is 59.3 Å². The standard InChI is InChI=1S/C14H26N2O4S/c1-10(2)21(19,20)16-14(18)11(3)15-13(17)9-12-7-5-4-6-8-12/h10-12H,4-9H2,1-3H3,(H,15,17)(H,16,18). The van der Waals surface area contributed by atoms with Gasteiger partial charge in [-0.1, -0.05) is 19.3 Å². The van der Waals surface area contributed by atoms with Gasteiger partial charge in [-0.15, -0.1) is 0 Å². The van der Waals surface area contributed by atoms with Crippen molar-refractivity contribution in [2.24, 2.45) is 5.92 Å². The van der Waals surface area contributed by atoms with Crippen molar-refractivity contribution < 1.29 is 18.0 Å². The average Bonchev–Trinajstić information content (AvgIpc) is 2.38. The lowest BCUT2D eigenvalue weighted by Crippen LogP contribution is -2.48. The molecule has 0 bridgehead atoms. The van der Waals surface area contributed by atoms with E-state index in [9.17, 15) is 18.0 Å². The Morgan fingerprint density at radius 2 is 1.67 bits per heavy atom. The molecule has 0 spiro atoms. The van der Waals surface area contributed by atoms with Crippen molar-refractivity contribution in [1.82, 2.24) is 10.0 Å². The maximum atomic E-state index is 11.9. The summed E-state index contributed by atoms with van der Waals surface area (Å²) in [6.07, 6.45) is 6.05. The number of carbonyl (C=O) groups is 2. The largest absolute Gasteiger partial charge is 0.345 e. The molecular weight excluding hydrogens is 292 g/mol. The smallest absolute Gasteiger partial charge is 0.255 e. The Morgan fingerprint density at radius 1 is 1.10 bits per heavy atom. The number of hydrogen-bond donors (Lipinski definition) is 2. The van der Waals surface area contributed by atoms with Crippen LogP contribution in [0.25, 0.3) is 0 Å². The topological polar surface area (TPSA) is 92.3 Å². The van der Waals surface area contributed by atoms with E-state index in [-0.39, 0.29) is 5.91 Å². The van der Waals surface area contributed by atoms with Gasteiger partial charge in [0, 0.05) is 6.42 Å². The third-order valence-corrected chi connectivity index (χ3v) is 5.56. The highest BCUT2D eigenvalue weighted by molar-refractivity contribution is 7.90. The summed E-state index contributed by atoms with van der Waals surface area (Å²) in [5, 5.41) is 1.88. The molecule has 1 unspecified atom stereocenters. The van der Waals surface area contributed by atoms with E-state index >= 15 is 0 Å². The summed E-state index contributed by atoms with van der Waals surface area (Å²) in [7, 11) is -3.66. The van der Waals surface area contributed by atoms with Gasteiger partial charge in [-0.05, 0) is 39.5 Å². The highest BCUT2D eigenvalue weighted by Crippen LogP contribution is 2.26. The van der Waals surface area contributed by atoms with Crippen molar-refractivity contribution in [1.29, 1.82) is 0 Å². The molecule has 1 atom stereocenters. The van der Waals surface area contributed by atoms with Crippen molar-refractivity contribution in [3.8, 4) is 0 Å². The summed E-state index contributed by atoms with van der Waals surface area (Å²) in [6, 6.07) is -0.852. The Morgan fingerprint density at radius 3 is 2.19 bits per heavy atom. The number of sulfonamides is 1. The van der Waals surface area contributed by atoms with Crippen LogP contribution in [0.2, 0.25) is 0 Å². The Labute approximate surface area is 127 Å². The van der Waals surface area contributed by atoms with Crippen molar-refractivity contribution >= 4 is 21.8 Å². The molecule has 0 aromatic heterocycles. The lowest BCUT2D eigenvalue weighted by molar-refractivity contribution is -0.128. The predicted octanol–water partition coefficient (Wildman–Crippen LogP) is 1.32. The second kappa shape index (κ2) is 7.77. The van der Waals surface area contributed by atoms with Gasteiger partial charge in [-0.25, -0.2) is 8.42 Å². The molecule has 0 radical (unpaired) electrons. The minimum Gasteiger partial charge on any atom is -0.345 e. The zero-order valence-corrected chi connectivity index (χ0v) is 13.8. The first-order chi connectivity index (χ1) is 9.72. The van der Waals surface area contributed by atoms with Gasteiger partial charge < -0.3 is 5.32 Å². The van der Waals surface area contributed by atoms with E-state index in [2.05, 4.69) is 5.32 Å². The van der Waals surface area contributed by atoms with E-state index in [0.29, 0.717) is 12.3 Å². The third kappa shape index (κ3) is 6.03. The summed E-state index contributed by atoms with van der Waals surface area (Å²) < 4.78 is 25.2. The molecule has 1 fully saturated rings. The summed E-state index contributed by atoms with van der Waals surface area (Å²) in [4.78, 5) is 23.7. The molecule has 0 saturated heterocycles. The minimum atomic E-state index is -3.66. The van der Waals surface area contributed by atoms with Crippen molar-refractivity contribution in [2.75, 3.05) is 0 Å². The molecule has 122 valence electrons. The van der Waals surface area contributed by atoms with Crippen molar-refractivity contribution in [3.05, 3.63) is 0 Å². The third-order valence-electron chi connectivity index (χ3n) is 3.83. The molecule has 2 amide bonds. The summed E-state index contributed by atoms with van der Waals surface area (Å²) >= 11 is 0. The SMILES string of the molecule is CC(NC(=O)CC1CCCCC1)C(=O)NS(=O)(=O)C(C)C. The molecule has 1 rings (SSSR count). The number of hydrogen-bond acceptors (Lipinski definition) is 4. The van der Waals surface area contributed by atoms with E-state index in [4.69, 9.17) is 0 Å². The van der Waals surface area contributed by atoms with Gasteiger partial charge in [-0.2, -0.15) is 0 Å². The first-order valence-corrected chi connectivity index (χ1v) is 9.12. The molecule has 0 aromatic rings. The lowest BCUT2D eigenvalue weighted by Gasteiger charge is -2.22. The lowest BCUT2D eigenvalue weighted by atomic mass is 9.87. The fourth-order valence-electron chi connectivity index (χ4n) is 2.37. The van der Waals surface area contributed by atoms with Gasteiger partial charge in [0.25, 0.3) is 5.91 Å². The highest BCUT2D eigenvalue weighted by atomic mass is 32.2. The molecule has 2 N–H and O–H groups in total. The molecule has 21 heavy (non-hydrogen) atoms. The van der Waals surface area contributed by atoms with Crippen LogP contribution in [-0.4, -0.2) is 31.5 Å². The molecule has 0 aliphatic heterocycles. The Kier molecular flexibility index (Phi) is 6.64. The van der Waals surface area contributed by atoms with Crippen LogP contribution >= 0.6 is 0 Å². The van der Waals surface area contributed by atoms with Crippen molar-refractivity contribution in [2.45, 2.75) is 70.6 Å². The van der Waals surface area contributed by atoms with E-state index in [1.54, 1.807) is 0 Å². The molecular formula is C14H26N2O4S.